The lowest BCUT2D eigenvalue weighted by Crippen LogP contribution is -2.33. The highest BCUT2D eigenvalue weighted by Crippen LogP contribution is 2.35. The molecule has 0 radical (unpaired) electrons. The minimum Gasteiger partial charge on any atom is -0.372 e. The lowest BCUT2D eigenvalue weighted by Gasteiger charge is -2.18. The first-order valence-corrected chi connectivity index (χ1v) is 10.7. The fraction of sp³-hybridized carbons (Fsp3) is 0.154. The third-order valence-electron chi connectivity index (χ3n) is 5.85. The quantitative estimate of drug-likeness (QED) is 0.593. The molecule has 160 valence electrons. The van der Waals surface area contributed by atoms with Gasteiger partial charge >= 0.3 is 0 Å². The van der Waals surface area contributed by atoms with Crippen molar-refractivity contribution in [2.24, 2.45) is 0 Å². The summed E-state index contributed by atoms with van der Waals surface area (Å²) in [6.07, 6.45) is 2.38. The normalized spacial score (nSPS) is 16.3. The average Bonchev–Trinajstić information content (AvgIpc) is 3.43. The molecule has 0 saturated carbocycles. The molecule has 0 bridgehead atoms. The third kappa shape index (κ3) is 3.54. The Bertz CT molecular complexity index is 1200. The number of halogens is 1. The van der Waals surface area contributed by atoms with Crippen LogP contribution < -0.4 is 15.1 Å². The molecule has 3 aromatic rings. The van der Waals surface area contributed by atoms with Crippen molar-refractivity contribution in [1.29, 1.82) is 0 Å². The molecule has 5 rings (SSSR count). The molecular formula is C26H22FN3O2. The molecule has 2 aliphatic heterocycles. The largest absolute Gasteiger partial charge is 0.372 e. The van der Waals surface area contributed by atoms with Crippen molar-refractivity contribution in [1.82, 2.24) is 0 Å². The topological polar surface area (TPSA) is 52.7 Å². The van der Waals surface area contributed by atoms with Crippen molar-refractivity contribution < 1.29 is 14.0 Å². The molecule has 0 unspecified atom stereocenters. The van der Waals surface area contributed by atoms with Gasteiger partial charge in [-0.2, -0.15) is 0 Å². The van der Waals surface area contributed by atoms with Gasteiger partial charge in [0.05, 0.1) is 11.3 Å². The lowest BCUT2D eigenvalue weighted by atomic mass is 10.0. The summed E-state index contributed by atoms with van der Waals surface area (Å²) in [4.78, 5) is 29.9. The Balaban J connectivity index is 1.52. The molecule has 0 spiro atoms. The van der Waals surface area contributed by atoms with Crippen LogP contribution in [-0.2, 0) is 9.59 Å². The van der Waals surface area contributed by atoms with Crippen molar-refractivity contribution in [2.75, 3.05) is 28.2 Å². The molecule has 0 atom stereocenters. The van der Waals surface area contributed by atoms with E-state index in [4.69, 9.17) is 0 Å². The first-order chi connectivity index (χ1) is 15.6. The number of amides is 2. The minimum absolute atomic E-state index is 0.0582. The van der Waals surface area contributed by atoms with Gasteiger partial charge in [-0.3, -0.25) is 9.59 Å². The molecule has 6 heteroatoms. The molecule has 0 aromatic heterocycles. The van der Waals surface area contributed by atoms with Crippen LogP contribution >= 0.6 is 0 Å². The Morgan fingerprint density at radius 1 is 0.750 bits per heavy atom. The molecule has 2 heterocycles. The number of nitrogens with one attached hydrogen (secondary N) is 1. The predicted octanol–water partition coefficient (Wildman–Crippen LogP) is 4.82. The summed E-state index contributed by atoms with van der Waals surface area (Å²) in [6, 6.07) is 22.6. The Morgan fingerprint density at radius 3 is 2.09 bits per heavy atom. The van der Waals surface area contributed by atoms with E-state index >= 15 is 0 Å². The number of para-hydroxylation sites is 1. The minimum atomic E-state index is -0.627. The molecule has 2 aliphatic rings. The van der Waals surface area contributed by atoms with E-state index in [1.54, 1.807) is 30.3 Å². The zero-order valence-electron chi connectivity index (χ0n) is 17.4. The number of imide groups is 1. The van der Waals surface area contributed by atoms with Gasteiger partial charge in [-0.1, -0.05) is 42.5 Å². The SMILES string of the molecule is O=C1C(Nc2ccc(N3CCCC3)cc2)=C(c2ccccc2)C(=O)N1c1ccccc1F. The van der Waals surface area contributed by atoms with E-state index in [-0.39, 0.29) is 17.0 Å². The van der Waals surface area contributed by atoms with Gasteiger partial charge < -0.3 is 10.2 Å². The fourth-order valence-corrected chi connectivity index (χ4v) is 4.25. The molecule has 5 nitrogen and oxygen atoms in total. The van der Waals surface area contributed by atoms with E-state index in [1.165, 1.54) is 31.0 Å². The molecule has 2 amide bonds. The van der Waals surface area contributed by atoms with Crippen LogP contribution in [0.4, 0.5) is 21.5 Å². The van der Waals surface area contributed by atoms with Gasteiger partial charge in [-0.15, -0.1) is 0 Å². The number of carbonyl (C=O) groups is 2. The van der Waals surface area contributed by atoms with Gasteiger partial charge in [-0.25, -0.2) is 9.29 Å². The maximum atomic E-state index is 14.5. The molecular weight excluding hydrogens is 405 g/mol. The van der Waals surface area contributed by atoms with E-state index in [0.717, 1.165) is 23.7 Å². The molecule has 3 aromatic carbocycles. The van der Waals surface area contributed by atoms with E-state index in [9.17, 15) is 14.0 Å². The van der Waals surface area contributed by atoms with Gasteiger partial charge in [-0.05, 0) is 54.8 Å². The van der Waals surface area contributed by atoms with Crippen LogP contribution in [0.2, 0.25) is 0 Å². The standard InChI is InChI=1S/C26H22FN3O2/c27-21-10-4-5-11-22(21)30-25(31)23(18-8-2-1-3-9-18)24(26(30)32)28-19-12-14-20(15-13-19)29-16-6-7-17-29/h1-5,8-15,28H,6-7,16-17H2. The Morgan fingerprint density at radius 2 is 1.41 bits per heavy atom. The highest BCUT2D eigenvalue weighted by Gasteiger charge is 2.41. The molecule has 1 fully saturated rings. The van der Waals surface area contributed by atoms with Gasteiger partial charge in [0.25, 0.3) is 11.8 Å². The number of nitrogens with zero attached hydrogens (tertiary/aromatic N) is 2. The van der Waals surface area contributed by atoms with E-state index in [2.05, 4.69) is 10.2 Å². The Hall–Kier alpha value is -3.93. The van der Waals surface area contributed by atoms with Crippen molar-refractivity contribution in [2.45, 2.75) is 12.8 Å². The molecule has 32 heavy (non-hydrogen) atoms. The summed E-state index contributed by atoms with van der Waals surface area (Å²) in [5.74, 6) is -1.76. The summed E-state index contributed by atoms with van der Waals surface area (Å²) < 4.78 is 14.5. The zero-order valence-corrected chi connectivity index (χ0v) is 17.4. The summed E-state index contributed by atoms with van der Waals surface area (Å²) in [5, 5.41) is 3.13. The van der Waals surface area contributed by atoms with Gasteiger partial charge in [0, 0.05) is 24.5 Å². The molecule has 0 aliphatic carbocycles. The first kappa shape index (κ1) is 20.0. The second kappa shape index (κ2) is 8.30. The van der Waals surface area contributed by atoms with Crippen LogP contribution in [-0.4, -0.2) is 24.9 Å². The molecule has 1 N–H and O–H groups in total. The van der Waals surface area contributed by atoms with Crippen molar-refractivity contribution >= 4 is 34.4 Å². The predicted molar refractivity (Wildman–Crippen MR) is 124 cm³/mol. The number of hydrogen-bond donors (Lipinski definition) is 1. The Kier molecular flexibility index (Phi) is 5.19. The highest BCUT2D eigenvalue weighted by molar-refractivity contribution is 6.46. The number of benzene rings is 3. The monoisotopic (exact) mass is 427 g/mol. The first-order valence-electron chi connectivity index (χ1n) is 10.7. The summed E-state index contributed by atoms with van der Waals surface area (Å²) in [7, 11) is 0. The van der Waals surface area contributed by atoms with Crippen molar-refractivity contribution in [3.05, 3.63) is 95.9 Å². The highest BCUT2D eigenvalue weighted by atomic mass is 19.1. The second-order valence-corrected chi connectivity index (χ2v) is 7.88. The van der Waals surface area contributed by atoms with Gasteiger partial charge in [0.15, 0.2) is 0 Å². The van der Waals surface area contributed by atoms with Crippen LogP contribution in [0.3, 0.4) is 0 Å². The van der Waals surface area contributed by atoms with E-state index in [0.29, 0.717) is 11.3 Å². The smallest absolute Gasteiger partial charge is 0.282 e. The van der Waals surface area contributed by atoms with Crippen molar-refractivity contribution in [3.63, 3.8) is 0 Å². The van der Waals surface area contributed by atoms with Crippen LogP contribution in [0.25, 0.3) is 5.57 Å². The van der Waals surface area contributed by atoms with Crippen LogP contribution in [0, 0.1) is 5.82 Å². The fourth-order valence-electron chi connectivity index (χ4n) is 4.25. The van der Waals surface area contributed by atoms with Crippen LogP contribution in [0.15, 0.2) is 84.6 Å². The van der Waals surface area contributed by atoms with Crippen LogP contribution in [0.5, 0.6) is 0 Å². The number of carbonyl (C=O) groups excluding carboxylic acids is 2. The summed E-state index contributed by atoms with van der Waals surface area (Å²) in [5.41, 5.74) is 2.72. The van der Waals surface area contributed by atoms with E-state index in [1.807, 2.05) is 30.3 Å². The van der Waals surface area contributed by atoms with Gasteiger partial charge in [0.1, 0.15) is 11.5 Å². The average molecular weight is 427 g/mol. The number of anilines is 3. The lowest BCUT2D eigenvalue weighted by molar-refractivity contribution is -0.120. The number of rotatable bonds is 5. The maximum absolute atomic E-state index is 14.5. The van der Waals surface area contributed by atoms with Crippen LogP contribution in [0.1, 0.15) is 18.4 Å². The van der Waals surface area contributed by atoms with Crippen molar-refractivity contribution in [3.8, 4) is 0 Å². The maximum Gasteiger partial charge on any atom is 0.282 e. The van der Waals surface area contributed by atoms with E-state index < -0.39 is 17.6 Å². The number of hydrogen-bond acceptors (Lipinski definition) is 4. The zero-order chi connectivity index (χ0) is 22.1. The Labute approximate surface area is 185 Å². The van der Waals surface area contributed by atoms with Gasteiger partial charge in [0.2, 0.25) is 0 Å². The summed E-state index contributed by atoms with van der Waals surface area (Å²) in [6.45, 7) is 2.08. The summed E-state index contributed by atoms with van der Waals surface area (Å²) >= 11 is 0. The second-order valence-electron chi connectivity index (χ2n) is 7.88. The third-order valence-corrected chi connectivity index (χ3v) is 5.85. The molecule has 1 saturated heterocycles.